The van der Waals surface area contributed by atoms with E-state index in [1.54, 1.807) is 19.2 Å². The lowest BCUT2D eigenvalue weighted by Crippen LogP contribution is -2.31. The fourth-order valence-corrected chi connectivity index (χ4v) is 3.38. The molecule has 1 aromatic carbocycles. The van der Waals surface area contributed by atoms with E-state index >= 15 is 0 Å². The normalized spacial score (nSPS) is 17.3. The molecule has 2 rings (SSSR count). The SMILES string of the molecule is COCCNCC(Cc1ccc(Cl)c(F)c1)C1CCCC1. The Kier molecular flexibility index (Phi) is 6.94. The first-order valence-corrected chi connectivity index (χ1v) is 8.22. The molecule has 1 aromatic rings. The monoisotopic (exact) mass is 313 g/mol. The molecule has 1 unspecified atom stereocenters. The minimum atomic E-state index is -0.313. The van der Waals surface area contributed by atoms with Crippen LogP contribution in [0.2, 0.25) is 5.02 Å². The molecule has 0 aromatic heterocycles. The summed E-state index contributed by atoms with van der Waals surface area (Å²) in [5.74, 6) is 0.996. The number of ether oxygens (including phenoxy) is 1. The van der Waals surface area contributed by atoms with Gasteiger partial charge in [0, 0.05) is 13.7 Å². The first-order valence-electron chi connectivity index (χ1n) is 7.84. The second-order valence-corrected chi connectivity index (χ2v) is 6.36. The number of hydrogen-bond acceptors (Lipinski definition) is 2. The van der Waals surface area contributed by atoms with Gasteiger partial charge in [-0.3, -0.25) is 0 Å². The van der Waals surface area contributed by atoms with E-state index in [1.165, 1.54) is 25.7 Å². The Morgan fingerprint density at radius 1 is 1.38 bits per heavy atom. The Balaban J connectivity index is 1.95. The summed E-state index contributed by atoms with van der Waals surface area (Å²) < 4.78 is 18.7. The van der Waals surface area contributed by atoms with Crippen molar-refractivity contribution < 1.29 is 9.13 Å². The molecule has 0 amide bonds. The van der Waals surface area contributed by atoms with Gasteiger partial charge in [-0.2, -0.15) is 0 Å². The van der Waals surface area contributed by atoms with Gasteiger partial charge in [0.25, 0.3) is 0 Å². The highest BCUT2D eigenvalue weighted by atomic mass is 35.5. The van der Waals surface area contributed by atoms with Gasteiger partial charge in [-0.1, -0.05) is 43.4 Å². The quantitative estimate of drug-likeness (QED) is 0.731. The highest BCUT2D eigenvalue weighted by Crippen LogP contribution is 2.33. The van der Waals surface area contributed by atoms with Crippen molar-refractivity contribution in [2.45, 2.75) is 32.1 Å². The molecule has 1 saturated carbocycles. The van der Waals surface area contributed by atoms with Gasteiger partial charge in [-0.25, -0.2) is 4.39 Å². The predicted octanol–water partition coefficient (Wildman–Crippen LogP) is 4.06. The molecule has 21 heavy (non-hydrogen) atoms. The topological polar surface area (TPSA) is 21.3 Å². The first kappa shape index (κ1) is 16.7. The number of hydrogen-bond donors (Lipinski definition) is 1. The first-order chi connectivity index (χ1) is 10.2. The third-order valence-corrected chi connectivity index (χ3v) is 4.74. The van der Waals surface area contributed by atoms with Gasteiger partial charge in [0.15, 0.2) is 0 Å². The highest BCUT2D eigenvalue weighted by Gasteiger charge is 2.25. The second-order valence-electron chi connectivity index (χ2n) is 5.95. The molecule has 118 valence electrons. The van der Waals surface area contributed by atoms with Crippen molar-refractivity contribution in [1.29, 1.82) is 0 Å². The van der Waals surface area contributed by atoms with Crippen LogP contribution in [-0.4, -0.2) is 26.8 Å². The molecule has 0 heterocycles. The van der Waals surface area contributed by atoms with Gasteiger partial charge in [0.1, 0.15) is 5.82 Å². The zero-order chi connectivity index (χ0) is 15.1. The van der Waals surface area contributed by atoms with Gasteiger partial charge >= 0.3 is 0 Å². The molecule has 1 aliphatic carbocycles. The lowest BCUT2D eigenvalue weighted by Gasteiger charge is -2.24. The standard InChI is InChI=1S/C17H25ClFNO/c1-21-9-8-20-12-15(14-4-2-3-5-14)10-13-6-7-16(18)17(19)11-13/h6-7,11,14-15,20H,2-5,8-10,12H2,1H3. The van der Waals surface area contributed by atoms with Crippen molar-refractivity contribution in [3.63, 3.8) is 0 Å². The number of rotatable bonds is 8. The van der Waals surface area contributed by atoms with E-state index in [0.717, 1.165) is 37.6 Å². The van der Waals surface area contributed by atoms with E-state index in [4.69, 9.17) is 16.3 Å². The fraction of sp³-hybridized carbons (Fsp3) is 0.647. The van der Waals surface area contributed by atoms with Crippen LogP contribution in [0.4, 0.5) is 4.39 Å². The summed E-state index contributed by atoms with van der Waals surface area (Å²) in [5.41, 5.74) is 1.04. The molecule has 0 radical (unpaired) electrons. The van der Waals surface area contributed by atoms with E-state index in [2.05, 4.69) is 5.32 Å². The zero-order valence-electron chi connectivity index (χ0n) is 12.7. The molecular weight excluding hydrogens is 289 g/mol. The lowest BCUT2D eigenvalue weighted by molar-refractivity contribution is 0.195. The van der Waals surface area contributed by atoms with Gasteiger partial charge < -0.3 is 10.1 Å². The second kappa shape index (κ2) is 8.72. The summed E-state index contributed by atoms with van der Waals surface area (Å²) in [7, 11) is 1.71. The van der Waals surface area contributed by atoms with Crippen LogP contribution in [0.15, 0.2) is 18.2 Å². The minimum Gasteiger partial charge on any atom is -0.383 e. The molecule has 1 N–H and O–H groups in total. The van der Waals surface area contributed by atoms with Gasteiger partial charge in [-0.15, -0.1) is 0 Å². The van der Waals surface area contributed by atoms with Crippen molar-refractivity contribution >= 4 is 11.6 Å². The summed E-state index contributed by atoms with van der Waals surface area (Å²) in [4.78, 5) is 0. The largest absolute Gasteiger partial charge is 0.383 e. The molecule has 4 heteroatoms. The Bertz CT molecular complexity index is 435. The van der Waals surface area contributed by atoms with E-state index in [9.17, 15) is 4.39 Å². The summed E-state index contributed by atoms with van der Waals surface area (Å²) >= 11 is 5.76. The van der Waals surface area contributed by atoms with Crippen LogP contribution in [0.5, 0.6) is 0 Å². The maximum Gasteiger partial charge on any atom is 0.142 e. The summed E-state index contributed by atoms with van der Waals surface area (Å²) in [6.45, 7) is 2.57. The molecule has 1 fully saturated rings. The molecule has 0 aliphatic heterocycles. The summed E-state index contributed by atoms with van der Waals surface area (Å²) in [6.07, 6.45) is 6.17. The Labute approximate surface area is 132 Å². The van der Waals surface area contributed by atoms with E-state index in [1.807, 2.05) is 6.07 Å². The minimum absolute atomic E-state index is 0.203. The van der Waals surface area contributed by atoms with Crippen molar-refractivity contribution in [2.24, 2.45) is 11.8 Å². The van der Waals surface area contributed by atoms with Crippen molar-refractivity contribution in [3.8, 4) is 0 Å². The van der Waals surface area contributed by atoms with Crippen LogP contribution < -0.4 is 5.32 Å². The van der Waals surface area contributed by atoms with Crippen LogP contribution in [0.1, 0.15) is 31.2 Å². The Hall–Kier alpha value is -0.640. The van der Waals surface area contributed by atoms with Crippen molar-refractivity contribution in [3.05, 3.63) is 34.6 Å². The summed E-state index contributed by atoms with van der Waals surface area (Å²) in [5, 5.41) is 3.67. The molecule has 0 bridgehead atoms. The third-order valence-electron chi connectivity index (χ3n) is 4.44. The van der Waals surface area contributed by atoms with Crippen molar-refractivity contribution in [2.75, 3.05) is 26.8 Å². The average Bonchev–Trinajstić information content (AvgIpc) is 3.00. The fourth-order valence-electron chi connectivity index (χ4n) is 3.27. The van der Waals surface area contributed by atoms with E-state index < -0.39 is 0 Å². The van der Waals surface area contributed by atoms with Crippen LogP contribution in [0.25, 0.3) is 0 Å². The molecule has 0 spiro atoms. The zero-order valence-corrected chi connectivity index (χ0v) is 13.5. The Morgan fingerprint density at radius 3 is 2.81 bits per heavy atom. The van der Waals surface area contributed by atoms with Crippen LogP contribution in [0, 0.1) is 17.7 Å². The molecular formula is C17H25ClFNO. The van der Waals surface area contributed by atoms with E-state index in [0.29, 0.717) is 5.92 Å². The molecule has 2 nitrogen and oxygen atoms in total. The molecule has 0 saturated heterocycles. The molecule has 1 aliphatic rings. The number of nitrogens with one attached hydrogen (secondary N) is 1. The maximum absolute atomic E-state index is 13.6. The predicted molar refractivity (Wildman–Crippen MR) is 85.3 cm³/mol. The van der Waals surface area contributed by atoms with Crippen LogP contribution in [-0.2, 0) is 11.2 Å². The third kappa shape index (κ3) is 5.24. The summed E-state index contributed by atoms with van der Waals surface area (Å²) in [6, 6.07) is 5.19. The van der Waals surface area contributed by atoms with E-state index in [-0.39, 0.29) is 10.8 Å². The number of halogens is 2. The number of methoxy groups -OCH3 is 1. The average molecular weight is 314 g/mol. The van der Waals surface area contributed by atoms with Crippen LogP contribution in [0.3, 0.4) is 0 Å². The van der Waals surface area contributed by atoms with Gasteiger partial charge in [0.05, 0.1) is 11.6 Å². The smallest absolute Gasteiger partial charge is 0.142 e. The Morgan fingerprint density at radius 2 is 2.14 bits per heavy atom. The molecule has 1 atom stereocenters. The number of benzene rings is 1. The maximum atomic E-state index is 13.6. The van der Waals surface area contributed by atoms with Crippen LogP contribution >= 0.6 is 11.6 Å². The van der Waals surface area contributed by atoms with Gasteiger partial charge in [0.2, 0.25) is 0 Å². The van der Waals surface area contributed by atoms with Gasteiger partial charge in [-0.05, 0) is 42.5 Å². The highest BCUT2D eigenvalue weighted by molar-refractivity contribution is 6.30. The lowest BCUT2D eigenvalue weighted by atomic mass is 9.85. The van der Waals surface area contributed by atoms with Crippen molar-refractivity contribution in [1.82, 2.24) is 5.32 Å².